The summed E-state index contributed by atoms with van der Waals surface area (Å²) < 4.78 is 15.8. The van der Waals surface area contributed by atoms with Crippen molar-refractivity contribution in [3.63, 3.8) is 0 Å². The van der Waals surface area contributed by atoms with Crippen molar-refractivity contribution < 1.29 is 18.8 Å². The Morgan fingerprint density at radius 3 is 2.83 bits per heavy atom. The van der Waals surface area contributed by atoms with E-state index in [1.807, 2.05) is 24.3 Å². The van der Waals surface area contributed by atoms with Crippen LogP contribution in [-0.2, 0) is 16.0 Å². The summed E-state index contributed by atoms with van der Waals surface area (Å²) in [6.45, 7) is 3.15. The van der Waals surface area contributed by atoms with E-state index in [0.29, 0.717) is 37.9 Å². The maximum atomic E-state index is 12.7. The Balaban J connectivity index is 1.73. The van der Waals surface area contributed by atoms with Crippen LogP contribution in [0, 0.1) is 6.92 Å². The van der Waals surface area contributed by atoms with Crippen LogP contribution in [0.2, 0.25) is 0 Å². The van der Waals surface area contributed by atoms with E-state index in [1.54, 1.807) is 18.9 Å². The van der Waals surface area contributed by atoms with E-state index < -0.39 is 0 Å². The lowest BCUT2D eigenvalue weighted by molar-refractivity contribution is -0.140. The molecular formula is C16H19N3O4. The van der Waals surface area contributed by atoms with E-state index in [-0.39, 0.29) is 11.9 Å². The molecule has 0 bridgehead atoms. The molecule has 1 aliphatic heterocycles. The molecule has 0 spiro atoms. The Labute approximate surface area is 134 Å². The number of hydrogen-bond donors (Lipinski definition) is 0. The molecule has 1 fully saturated rings. The van der Waals surface area contributed by atoms with Crippen LogP contribution in [-0.4, -0.2) is 47.8 Å². The van der Waals surface area contributed by atoms with E-state index in [1.165, 1.54) is 0 Å². The number of aromatic nitrogens is 2. The van der Waals surface area contributed by atoms with Gasteiger partial charge < -0.3 is 18.9 Å². The smallest absolute Gasteiger partial charge is 0.251 e. The average molecular weight is 317 g/mol. The van der Waals surface area contributed by atoms with Gasteiger partial charge in [0.25, 0.3) is 5.89 Å². The number of amides is 1. The first-order valence-electron chi connectivity index (χ1n) is 7.47. The summed E-state index contributed by atoms with van der Waals surface area (Å²) in [4.78, 5) is 18.6. The maximum Gasteiger partial charge on any atom is 0.251 e. The van der Waals surface area contributed by atoms with Gasteiger partial charge in [0, 0.05) is 6.54 Å². The zero-order valence-electron chi connectivity index (χ0n) is 13.2. The predicted molar refractivity (Wildman–Crippen MR) is 81.0 cm³/mol. The topological polar surface area (TPSA) is 77.7 Å². The summed E-state index contributed by atoms with van der Waals surface area (Å²) in [5.74, 6) is 1.75. The van der Waals surface area contributed by atoms with Crippen LogP contribution in [0.4, 0.5) is 0 Å². The number of rotatable bonds is 4. The van der Waals surface area contributed by atoms with Gasteiger partial charge in [0.1, 0.15) is 11.8 Å². The molecule has 0 aliphatic carbocycles. The van der Waals surface area contributed by atoms with Gasteiger partial charge in [-0.1, -0.05) is 17.3 Å². The van der Waals surface area contributed by atoms with Crippen LogP contribution in [0.3, 0.4) is 0 Å². The second kappa shape index (κ2) is 6.78. The number of aryl methyl sites for hydroxylation is 1. The average Bonchev–Trinajstić information content (AvgIpc) is 3.02. The molecule has 1 aromatic heterocycles. The largest absolute Gasteiger partial charge is 0.497 e. The minimum atomic E-state index is -0.323. The third-order valence-electron chi connectivity index (χ3n) is 3.79. The van der Waals surface area contributed by atoms with Gasteiger partial charge in [0.05, 0.1) is 26.7 Å². The highest BCUT2D eigenvalue weighted by Crippen LogP contribution is 2.24. The number of ether oxygens (including phenoxy) is 2. The summed E-state index contributed by atoms with van der Waals surface area (Å²) in [5, 5.41) is 3.80. The number of benzene rings is 1. The fraction of sp³-hybridized carbons (Fsp3) is 0.438. The van der Waals surface area contributed by atoms with Crippen molar-refractivity contribution in [3.8, 4) is 5.75 Å². The zero-order valence-corrected chi connectivity index (χ0v) is 13.2. The molecular weight excluding hydrogens is 298 g/mol. The van der Waals surface area contributed by atoms with Gasteiger partial charge in [-0.2, -0.15) is 4.98 Å². The Morgan fingerprint density at radius 2 is 2.17 bits per heavy atom. The van der Waals surface area contributed by atoms with E-state index >= 15 is 0 Å². The van der Waals surface area contributed by atoms with Crippen molar-refractivity contribution in [2.75, 3.05) is 26.9 Å². The fourth-order valence-electron chi connectivity index (χ4n) is 2.57. The maximum absolute atomic E-state index is 12.7. The molecule has 7 heteroatoms. The summed E-state index contributed by atoms with van der Waals surface area (Å²) in [7, 11) is 1.62. The quantitative estimate of drug-likeness (QED) is 0.851. The highest BCUT2D eigenvalue weighted by molar-refractivity contribution is 5.79. The third kappa shape index (κ3) is 3.50. The molecule has 7 nitrogen and oxygen atoms in total. The van der Waals surface area contributed by atoms with E-state index in [2.05, 4.69) is 10.1 Å². The lowest BCUT2D eigenvalue weighted by Crippen LogP contribution is -2.44. The van der Waals surface area contributed by atoms with Crippen molar-refractivity contribution in [1.82, 2.24) is 15.0 Å². The number of carbonyl (C=O) groups excluding carboxylic acids is 1. The standard InChI is InChI=1S/C16H19N3O4/c1-11-17-16(23-18-11)14-10-22-8-7-19(14)15(20)9-12-3-5-13(21-2)6-4-12/h3-6,14H,7-10H2,1-2H3. The normalized spacial score (nSPS) is 18.0. The Hall–Kier alpha value is -2.41. The molecule has 2 aromatic rings. The van der Waals surface area contributed by atoms with Crippen molar-refractivity contribution in [1.29, 1.82) is 0 Å². The van der Waals surface area contributed by atoms with Crippen LogP contribution in [0.5, 0.6) is 5.75 Å². The van der Waals surface area contributed by atoms with Crippen molar-refractivity contribution in [3.05, 3.63) is 41.5 Å². The van der Waals surface area contributed by atoms with E-state index in [0.717, 1.165) is 11.3 Å². The minimum Gasteiger partial charge on any atom is -0.497 e. The highest BCUT2D eigenvalue weighted by Gasteiger charge is 2.32. The van der Waals surface area contributed by atoms with Crippen LogP contribution in [0.25, 0.3) is 0 Å². The van der Waals surface area contributed by atoms with Crippen LogP contribution < -0.4 is 4.74 Å². The summed E-state index contributed by atoms with van der Waals surface area (Å²) in [5.41, 5.74) is 0.933. The molecule has 1 saturated heterocycles. The SMILES string of the molecule is COc1ccc(CC(=O)N2CCOCC2c2nc(C)no2)cc1. The number of nitrogens with zero attached hydrogens (tertiary/aromatic N) is 3. The summed E-state index contributed by atoms with van der Waals surface area (Å²) in [6.07, 6.45) is 0.313. The Morgan fingerprint density at radius 1 is 1.39 bits per heavy atom. The van der Waals surface area contributed by atoms with Gasteiger partial charge in [-0.3, -0.25) is 4.79 Å². The van der Waals surface area contributed by atoms with Crippen LogP contribution in [0.1, 0.15) is 23.3 Å². The fourth-order valence-corrected chi connectivity index (χ4v) is 2.57. The Kier molecular flexibility index (Phi) is 4.57. The lowest BCUT2D eigenvalue weighted by atomic mass is 10.1. The third-order valence-corrected chi connectivity index (χ3v) is 3.79. The molecule has 0 saturated carbocycles. The number of carbonyl (C=O) groups is 1. The molecule has 1 amide bonds. The highest BCUT2D eigenvalue weighted by atomic mass is 16.5. The number of hydrogen-bond acceptors (Lipinski definition) is 6. The Bertz CT molecular complexity index is 668. The van der Waals surface area contributed by atoms with E-state index in [9.17, 15) is 4.79 Å². The number of morpholine rings is 1. The first-order valence-corrected chi connectivity index (χ1v) is 7.47. The van der Waals surface area contributed by atoms with Gasteiger partial charge >= 0.3 is 0 Å². The second-order valence-electron chi connectivity index (χ2n) is 5.38. The van der Waals surface area contributed by atoms with Crippen LogP contribution in [0.15, 0.2) is 28.8 Å². The molecule has 0 radical (unpaired) electrons. The predicted octanol–water partition coefficient (Wildman–Crippen LogP) is 1.53. The van der Waals surface area contributed by atoms with Gasteiger partial charge in [0.15, 0.2) is 5.82 Å². The molecule has 0 N–H and O–H groups in total. The molecule has 1 unspecified atom stereocenters. The monoisotopic (exact) mass is 317 g/mol. The zero-order chi connectivity index (χ0) is 16.2. The van der Waals surface area contributed by atoms with Crippen molar-refractivity contribution >= 4 is 5.91 Å². The van der Waals surface area contributed by atoms with Crippen LogP contribution >= 0.6 is 0 Å². The summed E-state index contributed by atoms with van der Waals surface area (Å²) in [6, 6.07) is 7.16. The second-order valence-corrected chi connectivity index (χ2v) is 5.38. The van der Waals surface area contributed by atoms with Gasteiger partial charge in [0.2, 0.25) is 5.91 Å². The molecule has 1 aromatic carbocycles. The molecule has 1 aliphatic rings. The first kappa shape index (κ1) is 15.5. The van der Waals surface area contributed by atoms with Crippen molar-refractivity contribution in [2.24, 2.45) is 0 Å². The molecule has 122 valence electrons. The van der Waals surface area contributed by atoms with Gasteiger partial charge in [-0.05, 0) is 24.6 Å². The number of methoxy groups -OCH3 is 1. The molecule has 2 heterocycles. The van der Waals surface area contributed by atoms with E-state index in [4.69, 9.17) is 14.0 Å². The minimum absolute atomic E-state index is 0.0133. The van der Waals surface area contributed by atoms with Crippen molar-refractivity contribution in [2.45, 2.75) is 19.4 Å². The van der Waals surface area contributed by atoms with Gasteiger partial charge in [-0.15, -0.1) is 0 Å². The lowest BCUT2D eigenvalue weighted by Gasteiger charge is -2.33. The molecule has 23 heavy (non-hydrogen) atoms. The first-order chi connectivity index (χ1) is 11.2. The molecule has 1 atom stereocenters. The summed E-state index contributed by atoms with van der Waals surface area (Å²) >= 11 is 0. The van der Waals surface area contributed by atoms with Gasteiger partial charge in [-0.25, -0.2) is 0 Å². The molecule has 3 rings (SSSR count).